The van der Waals surface area contributed by atoms with Gasteiger partial charge < -0.3 is 10.6 Å². The summed E-state index contributed by atoms with van der Waals surface area (Å²) in [7, 11) is 0. The number of halogens is 7. The van der Waals surface area contributed by atoms with Crippen LogP contribution in [0.2, 0.25) is 15.1 Å². The molecule has 40 heavy (non-hydrogen) atoms. The molecule has 3 aromatic rings. The van der Waals surface area contributed by atoms with E-state index >= 15 is 0 Å². The highest BCUT2D eigenvalue weighted by Gasteiger charge is 2.18. The van der Waals surface area contributed by atoms with Crippen molar-refractivity contribution in [2.75, 3.05) is 16.5 Å². The molecule has 0 aromatic heterocycles. The number of alkyl halides is 1. The van der Waals surface area contributed by atoms with Gasteiger partial charge in [-0.25, -0.2) is 0 Å². The maximum atomic E-state index is 11.2. The predicted molar refractivity (Wildman–Crippen MR) is 175 cm³/mol. The van der Waals surface area contributed by atoms with Crippen molar-refractivity contribution in [3.05, 3.63) is 87.6 Å². The molecule has 0 bridgehead atoms. The summed E-state index contributed by atoms with van der Waals surface area (Å²) >= 11 is 33.2. The van der Waals surface area contributed by atoms with E-state index in [1.807, 2.05) is 24.3 Å². The fraction of sp³-hybridized carbons (Fsp3) is 0.250. The van der Waals surface area contributed by atoms with Crippen LogP contribution in [0.5, 0.6) is 0 Å². The number of nitrogens with one attached hydrogen (secondary N) is 2. The van der Waals surface area contributed by atoms with E-state index in [0.29, 0.717) is 58.1 Å². The van der Waals surface area contributed by atoms with Crippen LogP contribution in [0.1, 0.15) is 36.0 Å². The van der Waals surface area contributed by atoms with Gasteiger partial charge in [-0.3, -0.25) is 14.4 Å². The molecule has 3 aromatic carbocycles. The molecule has 212 valence electrons. The Bertz CT molecular complexity index is 1430. The van der Waals surface area contributed by atoms with Crippen LogP contribution < -0.4 is 10.6 Å². The van der Waals surface area contributed by atoms with Gasteiger partial charge in [-0.05, 0) is 120 Å². The molecule has 12 heteroatoms. The predicted octanol–water partition coefficient (Wildman–Crippen LogP) is 9.82. The largest absolute Gasteiger partial charge is 0.326 e. The smallest absolute Gasteiger partial charge is 0.225 e. The molecule has 0 unspecified atom stereocenters. The summed E-state index contributed by atoms with van der Waals surface area (Å²) in [5, 5.41) is 7.42. The van der Waals surface area contributed by atoms with E-state index in [4.69, 9.17) is 46.4 Å². The van der Waals surface area contributed by atoms with E-state index in [1.165, 1.54) is 5.56 Å². The van der Waals surface area contributed by atoms with Crippen LogP contribution in [0.4, 0.5) is 11.4 Å². The van der Waals surface area contributed by atoms with E-state index in [1.54, 1.807) is 18.2 Å². The van der Waals surface area contributed by atoms with Crippen LogP contribution in [0.3, 0.4) is 0 Å². The number of benzene rings is 3. The lowest BCUT2D eigenvalue weighted by molar-refractivity contribution is -0.119. The molecular weight excluding hydrogens is 794 g/mol. The molecule has 5 rings (SSSR count). The fourth-order valence-corrected chi connectivity index (χ4v) is 5.70. The Labute approximate surface area is 278 Å². The first kappa shape index (κ1) is 33.4. The Morgan fingerprint density at radius 3 is 2.23 bits per heavy atom. The number of Topliss-reactive ketones (excluding diaryl/α,β-unsaturated/α-hetero) is 1. The minimum absolute atomic E-state index is 0.0610. The highest BCUT2D eigenvalue weighted by Crippen LogP contribution is 2.35. The van der Waals surface area contributed by atoms with Crippen LogP contribution >= 0.6 is 94.2 Å². The second kappa shape index (κ2) is 15.9. The van der Waals surface area contributed by atoms with Crippen molar-refractivity contribution < 1.29 is 14.4 Å². The summed E-state index contributed by atoms with van der Waals surface area (Å²) in [6.45, 7) is 0. The lowest BCUT2D eigenvalue weighted by Crippen LogP contribution is -2.19. The molecule has 1 aliphatic carbocycles. The van der Waals surface area contributed by atoms with Crippen LogP contribution in [0.25, 0.3) is 0 Å². The zero-order chi connectivity index (χ0) is 29.4. The van der Waals surface area contributed by atoms with Crippen molar-refractivity contribution in [3.8, 4) is 0 Å². The summed E-state index contributed by atoms with van der Waals surface area (Å²) in [6.07, 6.45) is 3.60. The topological polar surface area (TPSA) is 75.3 Å². The van der Waals surface area contributed by atoms with Crippen molar-refractivity contribution in [2.24, 2.45) is 0 Å². The molecule has 1 aliphatic heterocycles. The molecule has 2 aliphatic rings. The van der Waals surface area contributed by atoms with Gasteiger partial charge in [-0.2, -0.15) is 0 Å². The number of carbonyl (C=O) groups is 3. The maximum absolute atomic E-state index is 11.2. The third-order valence-corrected chi connectivity index (χ3v) is 9.84. The molecule has 0 fully saturated rings. The first-order valence-corrected chi connectivity index (χ1v) is 16.1. The lowest BCUT2D eigenvalue weighted by Gasteiger charge is -2.18. The minimum Gasteiger partial charge on any atom is -0.326 e. The summed E-state index contributed by atoms with van der Waals surface area (Å²) in [6, 6.07) is 12.8. The number of amides is 2. The van der Waals surface area contributed by atoms with Gasteiger partial charge in [0, 0.05) is 56.4 Å². The van der Waals surface area contributed by atoms with Gasteiger partial charge >= 0.3 is 0 Å². The van der Waals surface area contributed by atoms with E-state index < -0.39 is 0 Å². The number of anilines is 2. The molecule has 0 saturated carbocycles. The summed E-state index contributed by atoms with van der Waals surface area (Å²) in [4.78, 5) is 33.4. The number of hydrogen-bond acceptors (Lipinski definition) is 3. The second-order valence-corrected chi connectivity index (χ2v) is 12.9. The van der Waals surface area contributed by atoms with Gasteiger partial charge in [0.25, 0.3) is 0 Å². The number of ketones is 1. The third kappa shape index (κ3) is 9.72. The standard InChI is InChI=1S/C10H8BrClO.C9H8BrCl2NO.C9H7BrClNO/c11-9-4-6-1-2-8(13)3-7(6)5-10(9)12;10-7-2-1-6(5-8(7)12)13-9(14)3-4-11;10-6-2-3-7-5(9(6)11)1-4-8(13)12-7/h4-5H,1-3H2;1-2,5H,3-4H2,(H,13,14);2-3H,1,4H2,(H,12,13). The van der Waals surface area contributed by atoms with Crippen LogP contribution in [-0.2, 0) is 33.6 Å². The van der Waals surface area contributed by atoms with E-state index in [0.717, 1.165) is 43.1 Å². The van der Waals surface area contributed by atoms with Gasteiger partial charge in [0.05, 0.1) is 15.1 Å². The van der Waals surface area contributed by atoms with Crippen LogP contribution in [0.15, 0.2) is 55.9 Å². The zero-order valence-corrected chi connectivity index (χ0v) is 28.6. The lowest BCUT2D eigenvalue weighted by atomic mass is 9.91. The molecular formula is C28H23Br3Cl4N2O3. The first-order chi connectivity index (χ1) is 19.0. The number of hydrogen-bond donors (Lipinski definition) is 2. The SMILES string of the molecule is O=C(CCCl)Nc1ccc(Br)c(Cl)c1.O=C1CCc2c(ccc(Br)c2Cl)N1.O=C1CCc2cc(Br)c(Cl)cc2C1. The molecule has 2 N–H and O–H groups in total. The van der Waals surface area contributed by atoms with Gasteiger partial charge in [0.2, 0.25) is 11.8 Å². The average Bonchev–Trinajstić information content (AvgIpc) is 2.90. The van der Waals surface area contributed by atoms with E-state index in [9.17, 15) is 14.4 Å². The highest BCUT2D eigenvalue weighted by molar-refractivity contribution is 9.11. The number of fused-ring (bicyclic) bond motifs is 2. The van der Waals surface area contributed by atoms with Crippen molar-refractivity contribution in [3.63, 3.8) is 0 Å². The number of aryl methyl sites for hydroxylation is 1. The van der Waals surface area contributed by atoms with Crippen LogP contribution in [-0.4, -0.2) is 23.5 Å². The second-order valence-electron chi connectivity index (χ2n) is 8.80. The monoisotopic (exact) mass is 812 g/mol. The molecule has 2 amide bonds. The Balaban J connectivity index is 0.000000165. The molecule has 0 atom stereocenters. The summed E-state index contributed by atoms with van der Waals surface area (Å²) in [5.74, 6) is 0.575. The third-order valence-electron chi connectivity index (χ3n) is 5.90. The molecule has 5 nitrogen and oxygen atoms in total. The van der Waals surface area contributed by atoms with Gasteiger partial charge in [0.15, 0.2) is 0 Å². The van der Waals surface area contributed by atoms with Gasteiger partial charge in [-0.15, -0.1) is 11.6 Å². The van der Waals surface area contributed by atoms with Crippen molar-refractivity contribution in [1.29, 1.82) is 0 Å². The Hall–Kier alpha value is -1.13. The van der Waals surface area contributed by atoms with E-state index in [2.05, 4.69) is 58.4 Å². The number of carbonyl (C=O) groups excluding carboxylic acids is 3. The van der Waals surface area contributed by atoms with Crippen molar-refractivity contribution >= 4 is 123 Å². The molecule has 0 radical (unpaired) electrons. The van der Waals surface area contributed by atoms with E-state index in [-0.39, 0.29) is 11.8 Å². The molecule has 0 spiro atoms. The quantitative estimate of drug-likeness (QED) is 0.259. The molecule has 0 saturated heterocycles. The van der Waals surface area contributed by atoms with Crippen LogP contribution in [0, 0.1) is 0 Å². The summed E-state index contributed by atoms with van der Waals surface area (Å²) < 4.78 is 2.60. The van der Waals surface area contributed by atoms with Crippen molar-refractivity contribution in [2.45, 2.75) is 38.5 Å². The normalized spacial score (nSPS) is 13.5. The maximum Gasteiger partial charge on any atom is 0.225 e. The molecule has 1 heterocycles. The van der Waals surface area contributed by atoms with Gasteiger partial charge in [0.1, 0.15) is 5.78 Å². The summed E-state index contributed by atoms with van der Waals surface area (Å²) in [5.41, 5.74) is 4.87. The Morgan fingerprint density at radius 2 is 1.52 bits per heavy atom. The fourth-order valence-electron chi connectivity index (χ4n) is 3.89. The first-order valence-electron chi connectivity index (χ1n) is 12.0. The minimum atomic E-state index is -0.113. The van der Waals surface area contributed by atoms with Gasteiger partial charge in [-0.1, -0.05) is 34.8 Å². The Morgan fingerprint density at radius 1 is 0.825 bits per heavy atom. The average molecular weight is 817 g/mol. The van der Waals surface area contributed by atoms with Crippen molar-refractivity contribution in [1.82, 2.24) is 0 Å². The zero-order valence-electron chi connectivity index (χ0n) is 20.9. The number of rotatable bonds is 3. The highest BCUT2D eigenvalue weighted by atomic mass is 79.9. The Kier molecular flexibility index (Phi) is 13.3.